The van der Waals surface area contributed by atoms with E-state index < -0.39 is 0 Å². The van der Waals surface area contributed by atoms with Crippen molar-refractivity contribution < 1.29 is 9.84 Å². The summed E-state index contributed by atoms with van der Waals surface area (Å²) in [5.74, 6) is 1.12. The molecule has 1 rings (SSSR count). The van der Waals surface area contributed by atoms with Crippen molar-refractivity contribution in [3.8, 4) is 6.01 Å². The van der Waals surface area contributed by atoms with Crippen molar-refractivity contribution in [3.05, 3.63) is 0 Å². The molecule has 1 aromatic rings. The van der Waals surface area contributed by atoms with Gasteiger partial charge in [-0.05, 0) is 26.7 Å². The average molecular weight is 283 g/mol. The van der Waals surface area contributed by atoms with Crippen molar-refractivity contribution in [1.82, 2.24) is 15.0 Å². The van der Waals surface area contributed by atoms with Crippen molar-refractivity contribution in [2.75, 3.05) is 23.8 Å². The average Bonchev–Trinajstić information content (AvgIpc) is 2.34. The predicted octanol–water partition coefficient (Wildman–Crippen LogP) is 1.52. The highest BCUT2D eigenvalue weighted by Crippen LogP contribution is 2.15. The standard InChI is InChI=1S/C13H25N5O2/c1-6-14-11-16-12(15-10(7-19)8(2)3)18-13(17-11)20-9(4)5/h8-10,19H,6-7H2,1-5H3,(H2,14,15,16,17,18). The topological polar surface area (TPSA) is 92.2 Å². The minimum absolute atomic E-state index is 0.0141. The lowest BCUT2D eigenvalue weighted by molar-refractivity contribution is 0.221. The Balaban J connectivity index is 2.95. The maximum atomic E-state index is 9.36. The third-order valence-electron chi connectivity index (χ3n) is 2.61. The quantitative estimate of drug-likeness (QED) is 0.666. The van der Waals surface area contributed by atoms with Gasteiger partial charge in [-0.25, -0.2) is 0 Å². The Bertz CT molecular complexity index is 412. The van der Waals surface area contributed by atoms with Crippen molar-refractivity contribution >= 4 is 11.9 Å². The van der Waals surface area contributed by atoms with Crippen LogP contribution in [0, 0.1) is 5.92 Å². The lowest BCUT2D eigenvalue weighted by atomic mass is 10.1. The van der Waals surface area contributed by atoms with Crippen LogP contribution < -0.4 is 15.4 Å². The molecular formula is C13H25N5O2. The fourth-order valence-electron chi connectivity index (χ4n) is 1.51. The zero-order valence-corrected chi connectivity index (χ0v) is 12.8. The van der Waals surface area contributed by atoms with E-state index >= 15 is 0 Å². The number of anilines is 2. The molecule has 3 N–H and O–H groups in total. The van der Waals surface area contributed by atoms with E-state index in [1.165, 1.54) is 0 Å². The van der Waals surface area contributed by atoms with E-state index in [0.717, 1.165) is 0 Å². The van der Waals surface area contributed by atoms with Crippen LogP contribution in [0.3, 0.4) is 0 Å². The number of rotatable bonds is 8. The first-order valence-electron chi connectivity index (χ1n) is 7.00. The number of hydrogen-bond donors (Lipinski definition) is 3. The smallest absolute Gasteiger partial charge is 0.323 e. The monoisotopic (exact) mass is 283 g/mol. The SMILES string of the molecule is CCNc1nc(NC(CO)C(C)C)nc(OC(C)C)n1. The number of aliphatic hydroxyl groups is 1. The van der Waals surface area contributed by atoms with Gasteiger partial charge in [-0.1, -0.05) is 13.8 Å². The number of ether oxygens (including phenoxy) is 1. The molecule has 7 heteroatoms. The first-order chi connectivity index (χ1) is 9.46. The molecule has 20 heavy (non-hydrogen) atoms. The van der Waals surface area contributed by atoms with Gasteiger partial charge in [-0.15, -0.1) is 0 Å². The molecule has 1 unspecified atom stereocenters. The highest BCUT2D eigenvalue weighted by molar-refractivity contribution is 5.36. The Hall–Kier alpha value is -1.63. The van der Waals surface area contributed by atoms with E-state index in [0.29, 0.717) is 18.4 Å². The van der Waals surface area contributed by atoms with Crippen LogP contribution >= 0.6 is 0 Å². The number of aliphatic hydroxyl groups excluding tert-OH is 1. The molecule has 0 aromatic carbocycles. The second-order valence-electron chi connectivity index (χ2n) is 5.14. The summed E-state index contributed by atoms with van der Waals surface area (Å²) < 4.78 is 5.51. The molecule has 0 aliphatic heterocycles. The lowest BCUT2D eigenvalue weighted by Crippen LogP contribution is -2.30. The zero-order chi connectivity index (χ0) is 15.1. The third kappa shape index (κ3) is 5.16. The van der Waals surface area contributed by atoms with Gasteiger partial charge in [0.1, 0.15) is 0 Å². The molecule has 0 aliphatic rings. The Kier molecular flexibility index (Phi) is 6.44. The van der Waals surface area contributed by atoms with Gasteiger partial charge in [0.2, 0.25) is 11.9 Å². The Morgan fingerprint density at radius 3 is 2.25 bits per heavy atom. The molecule has 0 saturated carbocycles. The highest BCUT2D eigenvalue weighted by Gasteiger charge is 2.15. The number of aromatic nitrogens is 3. The van der Waals surface area contributed by atoms with E-state index in [2.05, 4.69) is 25.6 Å². The summed E-state index contributed by atoms with van der Waals surface area (Å²) in [5, 5.41) is 15.5. The van der Waals surface area contributed by atoms with Crippen LogP contribution in [0.25, 0.3) is 0 Å². The van der Waals surface area contributed by atoms with E-state index in [-0.39, 0.29) is 30.7 Å². The number of hydrogen-bond acceptors (Lipinski definition) is 7. The Morgan fingerprint density at radius 1 is 1.10 bits per heavy atom. The minimum Gasteiger partial charge on any atom is -0.461 e. The lowest BCUT2D eigenvalue weighted by Gasteiger charge is -2.20. The first kappa shape index (κ1) is 16.4. The molecule has 1 atom stereocenters. The normalized spacial score (nSPS) is 12.6. The van der Waals surface area contributed by atoms with Crippen LogP contribution in [0.15, 0.2) is 0 Å². The molecule has 0 bridgehead atoms. The number of nitrogens with one attached hydrogen (secondary N) is 2. The third-order valence-corrected chi connectivity index (χ3v) is 2.61. The van der Waals surface area contributed by atoms with E-state index in [9.17, 15) is 5.11 Å². The van der Waals surface area contributed by atoms with E-state index in [1.807, 2.05) is 34.6 Å². The number of nitrogens with zero attached hydrogens (tertiary/aromatic N) is 3. The molecule has 0 aliphatic carbocycles. The Morgan fingerprint density at radius 2 is 1.75 bits per heavy atom. The molecule has 7 nitrogen and oxygen atoms in total. The molecule has 0 fully saturated rings. The summed E-state index contributed by atoms with van der Waals surface area (Å²) in [4.78, 5) is 12.7. The van der Waals surface area contributed by atoms with Gasteiger partial charge in [0, 0.05) is 6.54 Å². The van der Waals surface area contributed by atoms with E-state index in [1.54, 1.807) is 0 Å². The summed E-state index contributed by atoms with van der Waals surface area (Å²) in [6, 6.07) is 0.160. The van der Waals surface area contributed by atoms with Gasteiger partial charge in [0.15, 0.2) is 0 Å². The van der Waals surface area contributed by atoms with Crippen LogP contribution in [-0.4, -0.2) is 45.4 Å². The Labute approximate surface area is 120 Å². The maximum Gasteiger partial charge on any atom is 0.323 e. The molecule has 114 valence electrons. The minimum atomic E-state index is -0.112. The molecular weight excluding hydrogens is 258 g/mol. The van der Waals surface area contributed by atoms with Crippen LogP contribution in [0.4, 0.5) is 11.9 Å². The summed E-state index contributed by atoms with van der Waals surface area (Å²) in [5.41, 5.74) is 0. The first-order valence-corrected chi connectivity index (χ1v) is 7.00. The summed E-state index contributed by atoms with van der Waals surface area (Å²) >= 11 is 0. The summed E-state index contributed by atoms with van der Waals surface area (Å²) in [7, 11) is 0. The van der Waals surface area contributed by atoms with Crippen molar-refractivity contribution in [1.29, 1.82) is 0 Å². The fraction of sp³-hybridized carbons (Fsp3) is 0.769. The molecule has 1 aromatic heterocycles. The maximum absolute atomic E-state index is 9.36. The fourth-order valence-corrected chi connectivity index (χ4v) is 1.51. The molecule has 0 amide bonds. The highest BCUT2D eigenvalue weighted by atomic mass is 16.5. The van der Waals surface area contributed by atoms with Gasteiger partial charge >= 0.3 is 6.01 Å². The van der Waals surface area contributed by atoms with E-state index in [4.69, 9.17) is 4.74 Å². The predicted molar refractivity (Wildman–Crippen MR) is 79.1 cm³/mol. The summed E-state index contributed by atoms with van der Waals surface area (Å²) in [6.45, 7) is 10.5. The largest absolute Gasteiger partial charge is 0.461 e. The van der Waals surface area contributed by atoms with Gasteiger partial charge in [0.05, 0.1) is 18.8 Å². The van der Waals surface area contributed by atoms with Gasteiger partial charge in [-0.2, -0.15) is 15.0 Å². The van der Waals surface area contributed by atoms with Gasteiger partial charge in [0.25, 0.3) is 0 Å². The second kappa shape index (κ2) is 7.84. The molecule has 0 saturated heterocycles. The van der Waals surface area contributed by atoms with Crippen molar-refractivity contribution in [2.45, 2.75) is 46.8 Å². The van der Waals surface area contributed by atoms with Crippen LogP contribution in [0.2, 0.25) is 0 Å². The van der Waals surface area contributed by atoms with Crippen LogP contribution in [0.1, 0.15) is 34.6 Å². The van der Waals surface area contributed by atoms with Crippen LogP contribution in [-0.2, 0) is 0 Å². The van der Waals surface area contributed by atoms with Crippen molar-refractivity contribution in [2.24, 2.45) is 5.92 Å². The second-order valence-corrected chi connectivity index (χ2v) is 5.14. The van der Waals surface area contributed by atoms with Gasteiger partial charge in [-0.3, -0.25) is 0 Å². The zero-order valence-electron chi connectivity index (χ0n) is 12.8. The molecule has 0 radical (unpaired) electrons. The van der Waals surface area contributed by atoms with Gasteiger partial charge < -0.3 is 20.5 Å². The van der Waals surface area contributed by atoms with Crippen molar-refractivity contribution in [3.63, 3.8) is 0 Å². The molecule has 0 spiro atoms. The summed E-state index contributed by atoms with van der Waals surface area (Å²) in [6.07, 6.45) is -0.0153. The molecule has 1 heterocycles. The van der Waals surface area contributed by atoms with Crippen LogP contribution in [0.5, 0.6) is 6.01 Å².